The van der Waals surface area contributed by atoms with E-state index in [0.717, 1.165) is 0 Å². The van der Waals surface area contributed by atoms with Gasteiger partial charge in [-0.15, -0.1) is 0 Å². The van der Waals surface area contributed by atoms with E-state index in [1.165, 1.54) is 0 Å². The van der Waals surface area contributed by atoms with Gasteiger partial charge >= 0.3 is 144 Å². The van der Waals surface area contributed by atoms with E-state index < -0.39 is 220 Å². The number of hydrogen-bond donors (Lipinski definition) is 0. The molecule has 1 aliphatic heterocycles. The molecule has 1 fully saturated rings. The topological polar surface area (TPSA) is 73.8 Å². The lowest BCUT2D eigenvalue weighted by molar-refractivity contribution is -0.459. The molecule has 0 amide bonds. The first-order chi connectivity index (χ1) is 39.8. The van der Waals surface area contributed by atoms with Crippen molar-refractivity contribution < 1.29 is 256 Å². The van der Waals surface area contributed by atoms with Gasteiger partial charge in [0.05, 0.1) is 0 Å². The summed E-state index contributed by atoms with van der Waals surface area (Å²) in [6.45, 7) is -28.7. The van der Waals surface area contributed by atoms with Crippen LogP contribution in [0.25, 0.3) is 0 Å². The third-order valence-corrected chi connectivity index (χ3v) is 16.4. The van der Waals surface area contributed by atoms with E-state index in [0.29, 0.717) is 0 Å². The number of ether oxygens (including phenoxy) is 2. The highest BCUT2D eigenvalue weighted by molar-refractivity contribution is 6.61. The number of rotatable bonds is 30. The van der Waals surface area contributed by atoms with Crippen molar-refractivity contribution in [1.29, 1.82) is 0 Å². The van der Waals surface area contributed by atoms with Crippen molar-refractivity contribution >= 4 is 17.6 Å². The summed E-state index contributed by atoms with van der Waals surface area (Å²) in [4.78, 5) is 0. The van der Waals surface area contributed by atoms with Crippen LogP contribution in [0.1, 0.15) is 12.8 Å². The second-order valence-electron chi connectivity index (χ2n) is 18.0. The molecule has 2 unspecified atom stereocenters. The summed E-state index contributed by atoms with van der Waals surface area (Å²) in [6, 6.07) is -8.58. The molecule has 1 aliphatic rings. The Morgan fingerprint density at radius 1 is 0.226 bits per heavy atom. The molecule has 60 heteroatoms. The van der Waals surface area contributed by atoms with Crippen LogP contribution >= 0.6 is 0 Å². The zero-order valence-corrected chi connectivity index (χ0v) is 43.7. The first-order valence-electron chi connectivity index (χ1n) is 21.5. The molecule has 1 heterocycles. The van der Waals surface area contributed by atoms with Crippen LogP contribution in [0.15, 0.2) is 0 Å². The number of alkyl halides is 50. The SMILES string of the molecule is FC(F)(F)C(F)(F)C(F)(F)CO[Si](CCC1(F)OC(C(F)(F)F)(C(F)(F)F)OC1(F)CC[Si](OCC(F)(F)C(F)(F)C(F)(F)F)(OCC(F)(F)C(F)(F)C(F)(F)F)OCC(F)(F)C(F)(F)C(F)(F)F)(OCC(F)(F)C(F)(F)C(F)(F)F)OCC(F)(F)C(F)(F)C(F)(F)F. The van der Waals surface area contributed by atoms with Crippen LogP contribution in [-0.4, -0.2) is 195 Å². The maximum Gasteiger partial charge on any atom is 0.501 e. The van der Waals surface area contributed by atoms with Gasteiger partial charge in [-0.05, 0) is 0 Å². The van der Waals surface area contributed by atoms with Gasteiger partial charge in [-0.3, -0.25) is 9.47 Å². The predicted molar refractivity (Wildman–Crippen MR) is 186 cm³/mol. The van der Waals surface area contributed by atoms with Gasteiger partial charge in [-0.1, -0.05) is 0 Å². The highest BCUT2D eigenvalue weighted by atomic mass is 28.4. The largest absolute Gasteiger partial charge is 0.501 e. The second-order valence-corrected chi connectivity index (χ2v) is 23.5. The van der Waals surface area contributed by atoms with E-state index in [1.807, 2.05) is 0 Å². The fourth-order valence-corrected chi connectivity index (χ4v) is 10.8. The predicted octanol–water partition coefficient (Wildman–Crippen LogP) is 16.9. The fraction of sp³-hybridized carbons (Fsp3) is 1.00. The van der Waals surface area contributed by atoms with Crippen LogP contribution in [0.3, 0.4) is 0 Å². The highest BCUT2D eigenvalue weighted by Crippen LogP contribution is 2.63. The van der Waals surface area contributed by atoms with Crippen LogP contribution in [0.5, 0.6) is 0 Å². The molecule has 8 nitrogen and oxygen atoms in total. The minimum atomic E-state index is -9.07. The average Bonchev–Trinajstić information content (AvgIpc) is 1.55. The summed E-state index contributed by atoms with van der Waals surface area (Å²) < 4.78 is 720. The zero-order chi connectivity index (χ0) is 75.2. The Morgan fingerprint density at radius 2 is 0.355 bits per heavy atom. The summed E-state index contributed by atoms with van der Waals surface area (Å²) in [6.07, 6.45) is -73.6. The van der Waals surface area contributed by atoms with E-state index in [-0.39, 0.29) is 0 Å². The van der Waals surface area contributed by atoms with Crippen LogP contribution in [0.4, 0.5) is 220 Å². The Labute approximate surface area is 476 Å². The van der Waals surface area contributed by atoms with Gasteiger partial charge < -0.3 is 26.6 Å². The van der Waals surface area contributed by atoms with Gasteiger partial charge in [0, 0.05) is 24.9 Å². The molecular formula is C33H20F50O8Si2. The van der Waals surface area contributed by atoms with Crippen molar-refractivity contribution in [2.75, 3.05) is 39.6 Å². The molecule has 0 aromatic rings. The summed E-state index contributed by atoms with van der Waals surface area (Å²) >= 11 is 0. The molecule has 0 N–H and O–H groups in total. The van der Waals surface area contributed by atoms with Crippen molar-refractivity contribution in [3.8, 4) is 0 Å². The molecule has 93 heavy (non-hydrogen) atoms. The second kappa shape index (κ2) is 25.1. The Morgan fingerprint density at radius 3 is 0.462 bits per heavy atom. The van der Waals surface area contributed by atoms with Gasteiger partial charge in [0.25, 0.3) is 11.7 Å². The molecule has 0 bridgehead atoms. The number of halogens is 50. The maximum atomic E-state index is 17.2. The fourth-order valence-electron chi connectivity index (χ4n) is 5.80. The minimum absolute atomic E-state index is 2.62. The van der Waals surface area contributed by atoms with E-state index in [9.17, 15) is 211 Å². The Hall–Kier alpha value is -3.39. The lowest BCUT2D eigenvalue weighted by Gasteiger charge is -2.39. The van der Waals surface area contributed by atoms with E-state index in [2.05, 4.69) is 36.0 Å². The summed E-state index contributed by atoms with van der Waals surface area (Å²) in [5, 5.41) is 0. The lowest BCUT2D eigenvalue weighted by Crippen LogP contribution is -2.62. The third kappa shape index (κ3) is 16.7. The molecule has 0 radical (unpaired) electrons. The first-order valence-corrected chi connectivity index (χ1v) is 25.4. The molecule has 1 saturated heterocycles. The van der Waals surface area contributed by atoms with Gasteiger partial charge in [0.15, 0.2) is 0 Å². The van der Waals surface area contributed by atoms with Crippen LogP contribution in [0.2, 0.25) is 12.1 Å². The first kappa shape index (κ1) is 87.6. The van der Waals surface area contributed by atoms with Crippen molar-refractivity contribution in [3.63, 3.8) is 0 Å². The smallest absolute Gasteiger partial charge is 0.367 e. The molecule has 0 aliphatic carbocycles. The van der Waals surface area contributed by atoms with Crippen molar-refractivity contribution in [2.45, 2.75) is 163 Å². The standard InChI is InChI=1S/C33H20F50O8Si2/c34-11(35,19(48,49)26(60,61)62)5-84-92(85-6-12(36,37)20(50,51)27(63,64)65,86-7-13(38,39)21(52,53)28(66,67)68)3-1-17(46)18(47,91-25(90-17,32(78,79)80)33(81,82)83)2-4-93(87-8-14(40,41)22(54,55)29(69,70)71,88-9-15(42,43)23(56,57)30(72,73)74)89-10-16(44,45)24(58,59)31(75,76)77/h1-10H2. The van der Waals surface area contributed by atoms with Crippen molar-refractivity contribution in [3.05, 3.63) is 0 Å². The normalized spacial score (nSPS) is 20.7. The molecule has 0 saturated carbocycles. The molecule has 0 aromatic heterocycles. The molecule has 0 spiro atoms. The summed E-state index contributed by atoms with van der Waals surface area (Å²) in [5.74, 6) is -118. The van der Waals surface area contributed by atoms with Crippen molar-refractivity contribution in [1.82, 2.24) is 0 Å². The van der Waals surface area contributed by atoms with Gasteiger partial charge in [-0.2, -0.15) is 211 Å². The highest BCUT2D eigenvalue weighted by Gasteiger charge is 2.87. The van der Waals surface area contributed by atoms with Crippen LogP contribution in [0, 0.1) is 0 Å². The number of hydrogen-bond acceptors (Lipinski definition) is 8. The maximum absolute atomic E-state index is 17.2. The third-order valence-electron chi connectivity index (χ3n) is 11.2. The van der Waals surface area contributed by atoms with Gasteiger partial charge in [0.2, 0.25) is 0 Å². The molecule has 0 aromatic carbocycles. The van der Waals surface area contributed by atoms with Crippen molar-refractivity contribution in [2.24, 2.45) is 0 Å². The van der Waals surface area contributed by atoms with E-state index in [1.54, 1.807) is 0 Å². The van der Waals surface area contributed by atoms with Gasteiger partial charge in [-0.25, -0.2) is 8.78 Å². The van der Waals surface area contributed by atoms with E-state index in [4.69, 9.17) is 0 Å². The monoisotopic (exact) mass is 1550 g/mol. The van der Waals surface area contributed by atoms with Crippen LogP contribution in [-0.2, 0) is 36.0 Å². The molecule has 2 atom stereocenters. The summed E-state index contributed by atoms with van der Waals surface area (Å²) in [7, 11) is -18.1. The van der Waals surface area contributed by atoms with Gasteiger partial charge in [0.1, 0.15) is 39.6 Å². The Balaban J connectivity index is 5.00. The lowest BCUT2D eigenvalue weighted by atomic mass is 10.0. The minimum Gasteiger partial charge on any atom is -0.367 e. The molecule has 558 valence electrons. The average molecular weight is 1550 g/mol. The Bertz CT molecular complexity index is 2110. The Kier molecular flexibility index (Phi) is 23.7. The molecule has 1 rings (SSSR count). The van der Waals surface area contributed by atoms with Crippen LogP contribution < -0.4 is 0 Å². The quantitative estimate of drug-likeness (QED) is 0.0520. The summed E-state index contributed by atoms with van der Waals surface area (Å²) in [5.41, 5.74) is 0. The molecular weight excluding hydrogens is 1530 g/mol. The zero-order valence-electron chi connectivity index (χ0n) is 41.7. The van der Waals surface area contributed by atoms with E-state index >= 15 is 8.78 Å².